The van der Waals surface area contributed by atoms with Crippen LogP contribution >= 0.6 is 0 Å². The van der Waals surface area contributed by atoms with Crippen molar-refractivity contribution in [2.24, 2.45) is 0 Å². The third-order valence-corrected chi connectivity index (χ3v) is 4.79. The van der Waals surface area contributed by atoms with Gasteiger partial charge in [0.05, 0.1) is 6.07 Å². The molecular formula is C23H22NO+. The maximum Gasteiger partial charge on any atom is 0.203 e. The van der Waals surface area contributed by atoms with Crippen LogP contribution in [0, 0.1) is 13.8 Å². The lowest BCUT2D eigenvalue weighted by atomic mass is 9.91. The highest BCUT2D eigenvalue weighted by molar-refractivity contribution is 6.02. The van der Waals surface area contributed by atoms with Gasteiger partial charge < -0.3 is 4.42 Å². The van der Waals surface area contributed by atoms with E-state index in [1.807, 2.05) is 0 Å². The maximum absolute atomic E-state index is 6.29. The van der Waals surface area contributed by atoms with Crippen LogP contribution in [0.1, 0.15) is 11.1 Å². The van der Waals surface area contributed by atoms with Crippen LogP contribution < -0.4 is 9.93 Å². The smallest absolute Gasteiger partial charge is 0.203 e. The number of nitrogens with zero attached hydrogens (tertiary/aromatic N) is 1. The number of hydrogen-bond acceptors (Lipinski definition) is 1. The molecule has 1 aliphatic heterocycles. The summed E-state index contributed by atoms with van der Waals surface area (Å²) < 4.78 is 8.39. The molecule has 124 valence electrons. The van der Waals surface area contributed by atoms with Gasteiger partial charge in [-0.1, -0.05) is 36.4 Å². The van der Waals surface area contributed by atoms with E-state index in [0.717, 1.165) is 27.7 Å². The van der Waals surface area contributed by atoms with E-state index in [9.17, 15) is 0 Å². The fourth-order valence-corrected chi connectivity index (χ4v) is 3.41. The van der Waals surface area contributed by atoms with Crippen LogP contribution in [0.3, 0.4) is 0 Å². The Morgan fingerprint density at radius 1 is 0.800 bits per heavy atom. The summed E-state index contributed by atoms with van der Waals surface area (Å²) >= 11 is 0. The van der Waals surface area contributed by atoms with Crippen molar-refractivity contribution in [2.45, 2.75) is 13.8 Å². The number of aryl methyl sites for hydroxylation is 2. The van der Waals surface area contributed by atoms with Crippen molar-refractivity contribution >= 4 is 11.0 Å². The van der Waals surface area contributed by atoms with E-state index >= 15 is 0 Å². The molecule has 0 fully saturated rings. The predicted octanol–water partition coefficient (Wildman–Crippen LogP) is 4.85. The third kappa shape index (κ3) is 2.64. The molecule has 2 aliphatic rings. The Balaban J connectivity index is 2.21. The van der Waals surface area contributed by atoms with Gasteiger partial charge in [0.15, 0.2) is 0 Å². The number of fused-ring (bicyclic) bond motifs is 2. The van der Waals surface area contributed by atoms with Gasteiger partial charge in [0.1, 0.15) is 25.4 Å². The summed E-state index contributed by atoms with van der Waals surface area (Å²) in [7, 11) is 4.10. The summed E-state index contributed by atoms with van der Waals surface area (Å²) in [5.74, 6) is 0.919. The van der Waals surface area contributed by atoms with E-state index in [2.05, 4.69) is 93.2 Å². The molecule has 0 spiro atoms. The molecule has 1 heterocycles. The van der Waals surface area contributed by atoms with Crippen molar-refractivity contribution in [3.63, 3.8) is 0 Å². The molecule has 0 saturated carbocycles. The minimum absolute atomic E-state index is 0.919. The Morgan fingerprint density at radius 3 is 2.36 bits per heavy atom. The molecule has 0 N–H and O–H groups in total. The van der Waals surface area contributed by atoms with Crippen molar-refractivity contribution in [2.75, 3.05) is 14.1 Å². The third-order valence-electron chi connectivity index (χ3n) is 4.79. The van der Waals surface area contributed by atoms with Crippen LogP contribution in [0.25, 0.3) is 33.4 Å². The van der Waals surface area contributed by atoms with Crippen LogP contribution in [0.15, 0.2) is 65.1 Å². The van der Waals surface area contributed by atoms with Gasteiger partial charge >= 0.3 is 0 Å². The number of rotatable bonds is 1. The molecule has 0 bridgehead atoms. The minimum atomic E-state index is 0.919. The average Bonchev–Trinajstić information content (AvgIpc) is 2.59. The van der Waals surface area contributed by atoms with E-state index in [-0.39, 0.29) is 0 Å². The van der Waals surface area contributed by atoms with Crippen LogP contribution in [0.2, 0.25) is 0 Å². The van der Waals surface area contributed by atoms with E-state index in [1.54, 1.807) is 0 Å². The molecule has 4 rings (SSSR count). The van der Waals surface area contributed by atoms with E-state index < -0.39 is 0 Å². The molecule has 0 radical (unpaired) electrons. The summed E-state index contributed by atoms with van der Waals surface area (Å²) in [5.41, 5.74) is 7.07. The molecule has 1 aliphatic carbocycles. The molecule has 0 amide bonds. The van der Waals surface area contributed by atoms with Crippen molar-refractivity contribution in [1.82, 2.24) is 4.58 Å². The molecule has 0 saturated heterocycles. The van der Waals surface area contributed by atoms with Gasteiger partial charge in [-0.15, -0.1) is 0 Å². The van der Waals surface area contributed by atoms with Crippen LogP contribution in [-0.2, 0) is 0 Å². The molecule has 0 atom stereocenters. The second-order valence-corrected chi connectivity index (χ2v) is 6.87. The normalized spacial score (nSPS) is 11.2. The number of hydrogen-bond donors (Lipinski definition) is 0. The first-order valence-electron chi connectivity index (χ1n) is 8.58. The Bertz CT molecular complexity index is 1130. The van der Waals surface area contributed by atoms with Crippen LogP contribution in [0.4, 0.5) is 0 Å². The lowest BCUT2D eigenvalue weighted by Gasteiger charge is -2.16. The van der Waals surface area contributed by atoms with Crippen LogP contribution in [-0.4, -0.2) is 14.1 Å². The highest BCUT2D eigenvalue weighted by Crippen LogP contribution is 2.40. The van der Waals surface area contributed by atoms with Gasteiger partial charge in [-0.05, 0) is 42.7 Å². The van der Waals surface area contributed by atoms with E-state index in [1.165, 1.54) is 22.3 Å². The van der Waals surface area contributed by atoms with Gasteiger partial charge in [-0.3, -0.25) is 0 Å². The monoisotopic (exact) mass is 328 g/mol. The van der Waals surface area contributed by atoms with Crippen LogP contribution in [0.5, 0.6) is 0 Å². The van der Waals surface area contributed by atoms with E-state index in [4.69, 9.17) is 4.42 Å². The largest absolute Gasteiger partial charge is 0.456 e. The van der Waals surface area contributed by atoms with Gasteiger partial charge in [0, 0.05) is 22.6 Å². The first-order chi connectivity index (χ1) is 12.0. The highest BCUT2D eigenvalue weighted by atomic mass is 16.3. The van der Waals surface area contributed by atoms with Gasteiger partial charge in [-0.25, -0.2) is 4.58 Å². The minimum Gasteiger partial charge on any atom is -0.456 e. The standard InChI is InChI=1S/C23H22NO/c1-15-9-11-19-21(13-15)25-22-14-17(24(3)4)10-12-20(22)23(19)18-8-6-5-7-16(18)2/h5-14H,1-4H3/q+1. The molecular weight excluding hydrogens is 306 g/mol. The van der Waals surface area contributed by atoms with Crippen molar-refractivity contribution < 1.29 is 4.42 Å². The average molecular weight is 328 g/mol. The van der Waals surface area contributed by atoms with Crippen molar-refractivity contribution in [1.29, 1.82) is 0 Å². The van der Waals surface area contributed by atoms with Crippen molar-refractivity contribution in [3.05, 3.63) is 77.1 Å². The topological polar surface area (TPSA) is 16.1 Å². The fourth-order valence-electron chi connectivity index (χ4n) is 3.41. The Labute approximate surface area is 148 Å². The fraction of sp³-hybridized carbons (Fsp3) is 0.174. The maximum atomic E-state index is 6.29. The second-order valence-electron chi connectivity index (χ2n) is 6.87. The Kier molecular flexibility index (Phi) is 3.69. The molecule has 2 nitrogen and oxygen atoms in total. The zero-order valence-corrected chi connectivity index (χ0v) is 15.1. The first kappa shape index (κ1) is 15.6. The summed E-state index contributed by atoms with van der Waals surface area (Å²) in [6, 6.07) is 21.5. The first-order valence-corrected chi connectivity index (χ1v) is 8.58. The molecule has 2 aromatic carbocycles. The zero-order chi connectivity index (χ0) is 17.6. The lowest BCUT2D eigenvalue weighted by molar-refractivity contribution is 0.617. The van der Waals surface area contributed by atoms with E-state index in [0.29, 0.717) is 0 Å². The summed E-state index contributed by atoms with van der Waals surface area (Å²) in [5, 5.41) is 2.30. The van der Waals surface area contributed by atoms with Gasteiger partial charge in [0.25, 0.3) is 0 Å². The predicted molar refractivity (Wildman–Crippen MR) is 105 cm³/mol. The molecule has 2 heteroatoms. The zero-order valence-electron chi connectivity index (χ0n) is 15.1. The van der Waals surface area contributed by atoms with Gasteiger partial charge in [0.2, 0.25) is 5.36 Å². The summed E-state index contributed by atoms with van der Waals surface area (Å²) in [4.78, 5) is 0. The Hall–Kier alpha value is -2.87. The molecule has 25 heavy (non-hydrogen) atoms. The quantitative estimate of drug-likeness (QED) is 0.360. The molecule has 0 unspecified atom stereocenters. The second kappa shape index (κ2) is 5.89. The molecule has 2 aromatic rings. The SMILES string of the molecule is Cc1ccc2c(-c3ccccc3C)c3ccc(=[N+](C)C)cc-3oc2c1. The summed E-state index contributed by atoms with van der Waals surface area (Å²) in [6.45, 7) is 4.27. The summed E-state index contributed by atoms with van der Waals surface area (Å²) in [6.07, 6.45) is 0. The molecule has 0 aromatic heterocycles. The highest BCUT2D eigenvalue weighted by Gasteiger charge is 2.18. The lowest BCUT2D eigenvalue weighted by Crippen LogP contribution is -2.21. The van der Waals surface area contributed by atoms with Gasteiger partial charge in [-0.2, -0.15) is 0 Å². The Morgan fingerprint density at radius 2 is 1.60 bits per heavy atom. The number of benzene rings is 3. The van der Waals surface area contributed by atoms with Crippen molar-refractivity contribution in [3.8, 4) is 22.5 Å².